The van der Waals surface area contributed by atoms with E-state index in [9.17, 15) is 18.8 Å². The van der Waals surface area contributed by atoms with Gasteiger partial charge in [-0.2, -0.15) is 0 Å². The minimum absolute atomic E-state index is 0.0265. The summed E-state index contributed by atoms with van der Waals surface area (Å²) in [5.41, 5.74) is 2.12. The molecule has 134 valence electrons. The molecule has 1 aliphatic rings. The molecule has 2 aromatic rings. The second kappa shape index (κ2) is 7.70. The molecule has 3 rings (SSSR count). The van der Waals surface area contributed by atoms with Crippen LogP contribution in [-0.4, -0.2) is 28.7 Å². The van der Waals surface area contributed by atoms with E-state index in [1.807, 2.05) is 19.1 Å². The maximum atomic E-state index is 13.0. The number of nitrogens with one attached hydrogen (secondary N) is 1. The van der Waals surface area contributed by atoms with Gasteiger partial charge in [-0.3, -0.25) is 14.4 Å². The van der Waals surface area contributed by atoms with Gasteiger partial charge in [-0.1, -0.05) is 17.7 Å². The van der Waals surface area contributed by atoms with Crippen molar-refractivity contribution in [2.45, 2.75) is 18.6 Å². The highest BCUT2D eigenvalue weighted by molar-refractivity contribution is 8.01. The van der Waals surface area contributed by atoms with Crippen molar-refractivity contribution in [3.8, 4) is 0 Å². The van der Waals surface area contributed by atoms with Gasteiger partial charge < -0.3 is 5.32 Å². The Hall–Kier alpha value is -2.67. The van der Waals surface area contributed by atoms with Crippen molar-refractivity contribution in [3.05, 3.63) is 59.9 Å². The van der Waals surface area contributed by atoms with Gasteiger partial charge in [0.1, 0.15) is 5.82 Å². The van der Waals surface area contributed by atoms with Crippen LogP contribution in [0, 0.1) is 12.7 Å². The van der Waals surface area contributed by atoms with E-state index in [-0.39, 0.29) is 29.9 Å². The molecule has 26 heavy (non-hydrogen) atoms. The van der Waals surface area contributed by atoms with E-state index in [1.54, 1.807) is 12.1 Å². The molecule has 3 amide bonds. The first-order chi connectivity index (χ1) is 12.4. The molecule has 0 radical (unpaired) electrons. The molecule has 1 atom stereocenters. The average Bonchev–Trinajstić information content (AvgIpc) is 2.90. The molecule has 0 unspecified atom stereocenters. The lowest BCUT2D eigenvalue weighted by molar-refractivity contribution is -0.121. The van der Waals surface area contributed by atoms with Gasteiger partial charge in [0.25, 0.3) is 0 Å². The van der Waals surface area contributed by atoms with Crippen molar-refractivity contribution in [3.63, 3.8) is 0 Å². The second-order valence-corrected chi connectivity index (χ2v) is 7.15. The van der Waals surface area contributed by atoms with Crippen molar-refractivity contribution in [1.82, 2.24) is 0 Å². The topological polar surface area (TPSA) is 66.5 Å². The summed E-state index contributed by atoms with van der Waals surface area (Å²) in [6.45, 7) is 1.96. The lowest BCUT2D eigenvalue weighted by Crippen LogP contribution is -2.31. The number of carbonyl (C=O) groups excluding carboxylic acids is 3. The minimum atomic E-state index is -0.615. The molecule has 1 aliphatic heterocycles. The quantitative estimate of drug-likeness (QED) is 0.819. The van der Waals surface area contributed by atoms with Crippen LogP contribution in [0.3, 0.4) is 0 Å². The van der Waals surface area contributed by atoms with E-state index in [1.165, 1.54) is 24.3 Å². The first kappa shape index (κ1) is 18.1. The summed E-state index contributed by atoms with van der Waals surface area (Å²) in [7, 11) is 0. The predicted octanol–water partition coefficient (Wildman–Crippen LogP) is 3.14. The van der Waals surface area contributed by atoms with Gasteiger partial charge in [-0.05, 0) is 43.3 Å². The van der Waals surface area contributed by atoms with E-state index in [2.05, 4.69) is 5.32 Å². The third-order valence-electron chi connectivity index (χ3n) is 3.94. The van der Waals surface area contributed by atoms with E-state index in [4.69, 9.17) is 0 Å². The fourth-order valence-electron chi connectivity index (χ4n) is 2.61. The van der Waals surface area contributed by atoms with Crippen LogP contribution in [0.25, 0.3) is 0 Å². The van der Waals surface area contributed by atoms with Crippen molar-refractivity contribution >= 4 is 40.9 Å². The molecular weight excluding hydrogens is 355 g/mol. The van der Waals surface area contributed by atoms with Crippen molar-refractivity contribution < 1.29 is 18.8 Å². The third-order valence-corrected chi connectivity index (χ3v) is 5.14. The van der Waals surface area contributed by atoms with Crippen LogP contribution in [0.4, 0.5) is 15.8 Å². The molecule has 5 nitrogen and oxygen atoms in total. The summed E-state index contributed by atoms with van der Waals surface area (Å²) >= 11 is 1.13. The number of aryl methyl sites for hydroxylation is 1. The highest BCUT2D eigenvalue weighted by Gasteiger charge is 2.40. The van der Waals surface area contributed by atoms with Gasteiger partial charge in [0, 0.05) is 12.1 Å². The molecule has 7 heteroatoms. The maximum absolute atomic E-state index is 13.0. The maximum Gasteiger partial charge on any atom is 0.247 e. The standard InChI is InChI=1S/C19H17FN2O3S/c1-12-2-6-14(7-3-12)21-17(23)11-26-16-10-18(24)22(19(16)25)15-8-4-13(20)5-9-15/h2-9,16H,10-11H2,1H3,(H,21,23)/t16-/m1/s1. The first-order valence-electron chi connectivity index (χ1n) is 8.04. The van der Waals surface area contributed by atoms with E-state index < -0.39 is 11.1 Å². The average molecular weight is 372 g/mol. The summed E-state index contributed by atoms with van der Waals surface area (Å²) < 4.78 is 13.0. The zero-order chi connectivity index (χ0) is 18.7. The number of imide groups is 1. The number of hydrogen-bond acceptors (Lipinski definition) is 4. The number of thioether (sulfide) groups is 1. The van der Waals surface area contributed by atoms with E-state index in [0.717, 1.165) is 22.2 Å². The van der Waals surface area contributed by atoms with Gasteiger partial charge in [-0.15, -0.1) is 11.8 Å². The Labute approximate surface area is 154 Å². The van der Waals surface area contributed by atoms with Gasteiger partial charge in [0.05, 0.1) is 16.7 Å². The summed E-state index contributed by atoms with van der Waals surface area (Å²) in [5, 5.41) is 2.14. The van der Waals surface area contributed by atoms with Gasteiger partial charge in [0.2, 0.25) is 17.7 Å². The Kier molecular flexibility index (Phi) is 5.37. The molecule has 1 N–H and O–H groups in total. The lowest BCUT2D eigenvalue weighted by atomic mass is 10.2. The number of anilines is 2. The molecule has 1 fully saturated rings. The van der Waals surface area contributed by atoms with Crippen LogP contribution in [-0.2, 0) is 14.4 Å². The number of amides is 3. The zero-order valence-corrected chi connectivity index (χ0v) is 14.9. The molecule has 0 bridgehead atoms. The minimum Gasteiger partial charge on any atom is -0.325 e. The zero-order valence-electron chi connectivity index (χ0n) is 14.1. The third kappa shape index (κ3) is 4.11. The van der Waals surface area contributed by atoms with Crippen LogP contribution in [0.15, 0.2) is 48.5 Å². The van der Waals surface area contributed by atoms with Crippen LogP contribution in [0.2, 0.25) is 0 Å². The molecule has 1 saturated heterocycles. The van der Waals surface area contributed by atoms with Crippen LogP contribution >= 0.6 is 11.8 Å². The molecule has 2 aromatic carbocycles. The normalized spacial score (nSPS) is 16.8. The van der Waals surface area contributed by atoms with Gasteiger partial charge in [-0.25, -0.2) is 9.29 Å². The van der Waals surface area contributed by atoms with E-state index >= 15 is 0 Å². The SMILES string of the molecule is Cc1ccc(NC(=O)CS[C@@H]2CC(=O)N(c3ccc(F)cc3)C2=O)cc1. The summed E-state index contributed by atoms with van der Waals surface area (Å²) in [6.07, 6.45) is 0.0265. The molecule has 0 spiro atoms. The fraction of sp³-hybridized carbons (Fsp3) is 0.211. The second-order valence-electron chi connectivity index (χ2n) is 5.96. The van der Waals surface area contributed by atoms with E-state index in [0.29, 0.717) is 11.4 Å². The Morgan fingerprint density at radius 3 is 2.46 bits per heavy atom. The Morgan fingerprint density at radius 1 is 1.15 bits per heavy atom. The van der Waals surface area contributed by atoms with Crippen molar-refractivity contribution in [2.75, 3.05) is 16.0 Å². The van der Waals surface area contributed by atoms with Crippen molar-refractivity contribution in [2.24, 2.45) is 0 Å². The first-order valence-corrected chi connectivity index (χ1v) is 9.09. The van der Waals surface area contributed by atoms with Gasteiger partial charge >= 0.3 is 0 Å². The molecule has 0 aliphatic carbocycles. The number of halogens is 1. The number of rotatable bonds is 5. The highest BCUT2D eigenvalue weighted by Crippen LogP contribution is 2.29. The van der Waals surface area contributed by atoms with Crippen LogP contribution < -0.4 is 10.2 Å². The summed E-state index contributed by atoms with van der Waals surface area (Å²) in [6, 6.07) is 12.6. The number of benzene rings is 2. The Balaban J connectivity index is 1.57. The smallest absolute Gasteiger partial charge is 0.247 e. The monoisotopic (exact) mass is 372 g/mol. The molecule has 0 aromatic heterocycles. The molecule has 1 heterocycles. The predicted molar refractivity (Wildman–Crippen MR) is 99.6 cm³/mol. The summed E-state index contributed by atoms with van der Waals surface area (Å²) in [5.74, 6) is -1.34. The van der Waals surface area contributed by atoms with Crippen molar-refractivity contribution in [1.29, 1.82) is 0 Å². The number of nitrogens with zero attached hydrogens (tertiary/aromatic N) is 1. The summed E-state index contributed by atoms with van der Waals surface area (Å²) in [4.78, 5) is 37.7. The highest BCUT2D eigenvalue weighted by atomic mass is 32.2. The fourth-order valence-corrected chi connectivity index (χ4v) is 3.54. The largest absolute Gasteiger partial charge is 0.325 e. The van der Waals surface area contributed by atoms with Crippen LogP contribution in [0.1, 0.15) is 12.0 Å². The Bertz CT molecular complexity index is 837. The lowest BCUT2D eigenvalue weighted by Gasteiger charge is -2.14. The molecular formula is C19H17FN2O3S. The van der Waals surface area contributed by atoms with Gasteiger partial charge in [0.15, 0.2) is 0 Å². The van der Waals surface area contributed by atoms with Crippen LogP contribution in [0.5, 0.6) is 0 Å². The molecule has 0 saturated carbocycles. The Morgan fingerprint density at radius 2 is 1.81 bits per heavy atom. The number of carbonyl (C=O) groups is 3. The number of hydrogen-bond donors (Lipinski definition) is 1.